The molecule has 0 saturated carbocycles. The summed E-state index contributed by atoms with van der Waals surface area (Å²) >= 11 is 6.86. The van der Waals surface area contributed by atoms with E-state index in [9.17, 15) is 13.2 Å². The molecule has 2 heterocycles. The van der Waals surface area contributed by atoms with Crippen LogP contribution in [0.3, 0.4) is 0 Å². The zero-order chi connectivity index (χ0) is 21.0. The molecular formula is C21H21ClN2O3S2. The summed E-state index contributed by atoms with van der Waals surface area (Å²) in [5.41, 5.74) is 4.09. The van der Waals surface area contributed by atoms with Crippen LogP contribution in [0.5, 0.6) is 0 Å². The first-order valence-electron chi connectivity index (χ1n) is 9.19. The van der Waals surface area contributed by atoms with Gasteiger partial charge in [0.25, 0.3) is 10.0 Å². The standard InChI is InChI=1S/C21H21ClN2O3S2/c1-13-10-16-17(11-21(2,3)12-18(16)25)24(13)15-6-4-14(5-7-15)23-29(26,27)20-9-8-19(22)28-20/h4-10,23H,11-12H2,1-3H3. The summed E-state index contributed by atoms with van der Waals surface area (Å²) in [7, 11) is -3.67. The third kappa shape index (κ3) is 3.86. The summed E-state index contributed by atoms with van der Waals surface area (Å²) < 4.78 is 30.2. The molecule has 2 aromatic heterocycles. The van der Waals surface area contributed by atoms with Gasteiger partial charge in [-0.15, -0.1) is 11.3 Å². The number of hydrogen-bond acceptors (Lipinski definition) is 4. The number of anilines is 1. The molecule has 4 rings (SSSR count). The summed E-state index contributed by atoms with van der Waals surface area (Å²) in [6.07, 6.45) is 1.37. The number of carbonyl (C=O) groups is 1. The molecule has 1 aromatic carbocycles. The van der Waals surface area contributed by atoms with Gasteiger partial charge in [-0.3, -0.25) is 9.52 Å². The first-order valence-corrected chi connectivity index (χ1v) is 11.9. The Balaban J connectivity index is 1.65. The third-order valence-corrected chi connectivity index (χ3v) is 8.17. The monoisotopic (exact) mass is 448 g/mol. The molecule has 0 unspecified atom stereocenters. The molecule has 0 bridgehead atoms. The van der Waals surface area contributed by atoms with Crippen LogP contribution >= 0.6 is 22.9 Å². The van der Waals surface area contributed by atoms with Gasteiger partial charge >= 0.3 is 0 Å². The van der Waals surface area contributed by atoms with Crippen LogP contribution < -0.4 is 4.72 Å². The zero-order valence-electron chi connectivity index (χ0n) is 16.3. The fourth-order valence-corrected chi connectivity index (χ4v) is 6.38. The number of sulfonamides is 1. The molecule has 1 aliphatic carbocycles. The molecule has 8 heteroatoms. The molecule has 3 aromatic rings. The number of benzene rings is 1. The van der Waals surface area contributed by atoms with E-state index < -0.39 is 10.0 Å². The fraction of sp³-hybridized carbons (Fsp3) is 0.286. The summed E-state index contributed by atoms with van der Waals surface area (Å²) in [4.78, 5) is 12.5. The summed E-state index contributed by atoms with van der Waals surface area (Å²) in [6.45, 7) is 6.19. The van der Waals surface area contributed by atoms with Crippen molar-refractivity contribution in [2.45, 2.75) is 37.8 Å². The summed E-state index contributed by atoms with van der Waals surface area (Å²) in [5.74, 6) is 0.178. The van der Waals surface area contributed by atoms with E-state index in [0.29, 0.717) is 16.4 Å². The number of nitrogens with one attached hydrogen (secondary N) is 1. The van der Waals surface area contributed by atoms with E-state index >= 15 is 0 Å². The summed E-state index contributed by atoms with van der Waals surface area (Å²) in [6, 6.07) is 12.2. The van der Waals surface area contributed by atoms with Crippen LogP contribution in [-0.2, 0) is 16.4 Å². The number of fused-ring (bicyclic) bond motifs is 1. The normalized spacial score (nSPS) is 15.9. The maximum Gasteiger partial charge on any atom is 0.271 e. The van der Waals surface area contributed by atoms with Crippen molar-refractivity contribution in [3.8, 4) is 5.69 Å². The number of Topliss-reactive ketones (excluding diaryl/α,β-unsaturated/α-hetero) is 1. The van der Waals surface area contributed by atoms with E-state index in [1.165, 1.54) is 6.07 Å². The number of thiophene rings is 1. The molecular weight excluding hydrogens is 428 g/mol. The molecule has 0 atom stereocenters. The lowest BCUT2D eigenvalue weighted by Crippen LogP contribution is -2.27. The van der Waals surface area contributed by atoms with Crippen LogP contribution in [0.15, 0.2) is 46.7 Å². The van der Waals surface area contributed by atoms with Crippen molar-refractivity contribution in [1.82, 2.24) is 4.57 Å². The third-order valence-electron chi connectivity index (χ3n) is 5.06. The van der Waals surface area contributed by atoms with Gasteiger partial charge < -0.3 is 4.57 Å². The molecule has 0 aliphatic heterocycles. The Kier molecular flexibility index (Phi) is 4.88. The van der Waals surface area contributed by atoms with Gasteiger partial charge in [-0.2, -0.15) is 0 Å². The fourth-order valence-electron chi connectivity index (χ4n) is 3.84. The number of aromatic nitrogens is 1. The average molecular weight is 449 g/mol. The quantitative estimate of drug-likeness (QED) is 0.576. The predicted octanol–water partition coefficient (Wildman–Crippen LogP) is 5.46. The van der Waals surface area contributed by atoms with Crippen molar-refractivity contribution >= 4 is 44.4 Å². The summed E-state index contributed by atoms with van der Waals surface area (Å²) in [5, 5.41) is 0. The molecule has 5 nitrogen and oxygen atoms in total. The van der Waals surface area contributed by atoms with Gasteiger partial charge in [0.1, 0.15) is 4.21 Å². The number of hydrogen-bond donors (Lipinski definition) is 1. The van der Waals surface area contributed by atoms with Gasteiger partial charge in [0.05, 0.1) is 4.34 Å². The average Bonchev–Trinajstić information content (AvgIpc) is 3.19. The van der Waals surface area contributed by atoms with E-state index in [4.69, 9.17) is 11.6 Å². The van der Waals surface area contributed by atoms with Gasteiger partial charge in [0, 0.05) is 34.7 Å². The van der Waals surface area contributed by atoms with Crippen LogP contribution in [0.25, 0.3) is 5.69 Å². The molecule has 0 saturated heterocycles. The van der Waals surface area contributed by atoms with Gasteiger partial charge in [-0.05, 0) is 61.2 Å². The largest absolute Gasteiger partial charge is 0.317 e. The SMILES string of the molecule is Cc1cc2c(n1-c1ccc(NS(=O)(=O)c3ccc(Cl)s3)cc1)CC(C)(C)CC2=O. The highest BCUT2D eigenvalue weighted by Crippen LogP contribution is 2.37. The molecule has 0 radical (unpaired) electrons. The second-order valence-electron chi connectivity index (χ2n) is 8.13. The Hall–Kier alpha value is -2.09. The number of nitrogens with zero attached hydrogens (tertiary/aromatic N) is 1. The first-order chi connectivity index (χ1) is 13.6. The van der Waals surface area contributed by atoms with Crippen molar-refractivity contribution in [3.05, 3.63) is 63.8 Å². The highest BCUT2D eigenvalue weighted by Gasteiger charge is 2.34. The van der Waals surface area contributed by atoms with Crippen molar-refractivity contribution in [3.63, 3.8) is 0 Å². The van der Waals surface area contributed by atoms with Gasteiger partial charge in [-0.1, -0.05) is 25.4 Å². The maximum absolute atomic E-state index is 12.5. The van der Waals surface area contributed by atoms with Crippen molar-refractivity contribution in [1.29, 1.82) is 0 Å². The highest BCUT2D eigenvalue weighted by atomic mass is 35.5. The molecule has 152 valence electrons. The Morgan fingerprint density at radius 1 is 1.10 bits per heavy atom. The highest BCUT2D eigenvalue weighted by molar-refractivity contribution is 7.94. The zero-order valence-corrected chi connectivity index (χ0v) is 18.7. The molecule has 1 N–H and O–H groups in total. The minimum Gasteiger partial charge on any atom is -0.317 e. The van der Waals surface area contributed by atoms with Crippen LogP contribution in [0, 0.1) is 12.3 Å². The number of halogens is 1. The number of carbonyl (C=O) groups excluding carboxylic acids is 1. The number of aryl methyl sites for hydroxylation is 1. The lowest BCUT2D eigenvalue weighted by Gasteiger charge is -2.30. The number of rotatable bonds is 4. The van der Waals surface area contributed by atoms with E-state index in [1.807, 2.05) is 25.1 Å². The lowest BCUT2D eigenvalue weighted by molar-refractivity contribution is 0.0911. The van der Waals surface area contributed by atoms with E-state index in [-0.39, 0.29) is 15.4 Å². The van der Waals surface area contributed by atoms with Crippen LogP contribution in [0.1, 0.15) is 42.0 Å². The van der Waals surface area contributed by atoms with E-state index in [1.54, 1.807) is 18.2 Å². The van der Waals surface area contributed by atoms with Crippen molar-refractivity contribution in [2.75, 3.05) is 4.72 Å². The van der Waals surface area contributed by atoms with Gasteiger partial charge in [0.2, 0.25) is 0 Å². The first kappa shape index (κ1) is 20.2. The number of ketones is 1. The van der Waals surface area contributed by atoms with Crippen LogP contribution in [0.2, 0.25) is 4.34 Å². The Labute approximate surface area is 179 Å². The van der Waals surface area contributed by atoms with Crippen molar-refractivity contribution < 1.29 is 13.2 Å². The Morgan fingerprint density at radius 2 is 1.79 bits per heavy atom. The topological polar surface area (TPSA) is 68.2 Å². The smallest absolute Gasteiger partial charge is 0.271 e. The van der Waals surface area contributed by atoms with E-state index in [0.717, 1.165) is 40.4 Å². The van der Waals surface area contributed by atoms with Gasteiger partial charge in [-0.25, -0.2) is 8.42 Å². The molecule has 1 aliphatic rings. The van der Waals surface area contributed by atoms with E-state index in [2.05, 4.69) is 23.1 Å². The second kappa shape index (κ2) is 7.00. The lowest BCUT2D eigenvalue weighted by atomic mass is 9.76. The van der Waals surface area contributed by atoms with Gasteiger partial charge in [0.15, 0.2) is 5.78 Å². The van der Waals surface area contributed by atoms with Crippen molar-refractivity contribution in [2.24, 2.45) is 5.41 Å². The minimum absolute atomic E-state index is 0.0792. The Morgan fingerprint density at radius 3 is 2.41 bits per heavy atom. The Bertz CT molecular complexity index is 1210. The maximum atomic E-state index is 12.5. The van der Waals surface area contributed by atoms with Crippen LogP contribution in [0.4, 0.5) is 5.69 Å². The minimum atomic E-state index is -3.67. The molecule has 0 fully saturated rings. The second-order valence-corrected chi connectivity index (χ2v) is 11.8. The van der Waals surface area contributed by atoms with Crippen LogP contribution in [-0.4, -0.2) is 18.8 Å². The molecule has 0 spiro atoms. The predicted molar refractivity (Wildman–Crippen MR) is 117 cm³/mol. The molecule has 0 amide bonds. The molecule has 29 heavy (non-hydrogen) atoms.